The summed E-state index contributed by atoms with van der Waals surface area (Å²) in [5.41, 5.74) is 2.19. The largest absolute Gasteiger partial charge is 0.394 e. The lowest BCUT2D eigenvalue weighted by atomic mass is 10.1. The minimum atomic E-state index is -0.652. The zero-order valence-electron chi connectivity index (χ0n) is 7.50. The summed E-state index contributed by atoms with van der Waals surface area (Å²) in [6.45, 7) is 1.81. The van der Waals surface area contributed by atoms with Gasteiger partial charge in [-0.2, -0.15) is 0 Å². The quantitative estimate of drug-likeness (QED) is 0.850. The van der Waals surface area contributed by atoms with Gasteiger partial charge in [0.15, 0.2) is 0 Å². The van der Waals surface area contributed by atoms with Crippen LogP contribution in [0.2, 0.25) is 0 Å². The lowest BCUT2D eigenvalue weighted by Crippen LogP contribution is -2.14. The molecule has 0 aromatic heterocycles. The molecule has 0 spiro atoms. The van der Waals surface area contributed by atoms with Crippen LogP contribution in [0.25, 0.3) is 0 Å². The summed E-state index contributed by atoms with van der Waals surface area (Å²) in [6.07, 6.45) is -0.148. The van der Waals surface area contributed by atoms with E-state index in [1.54, 1.807) is 0 Å². The van der Waals surface area contributed by atoms with Crippen LogP contribution in [0.1, 0.15) is 11.1 Å². The summed E-state index contributed by atoms with van der Waals surface area (Å²) in [7, 11) is 0. The molecule has 0 aliphatic rings. The van der Waals surface area contributed by atoms with Crippen LogP contribution in [0.15, 0.2) is 22.7 Å². The normalized spacial score (nSPS) is 12.9. The molecule has 2 N–H and O–H groups in total. The first-order valence-corrected chi connectivity index (χ1v) is 4.96. The minimum absolute atomic E-state index is 0.185. The topological polar surface area (TPSA) is 40.5 Å². The van der Waals surface area contributed by atoms with E-state index in [1.165, 1.54) is 0 Å². The summed E-state index contributed by atoms with van der Waals surface area (Å²) in [4.78, 5) is 0. The Morgan fingerprint density at radius 3 is 2.69 bits per heavy atom. The van der Waals surface area contributed by atoms with Gasteiger partial charge < -0.3 is 10.2 Å². The smallest absolute Gasteiger partial charge is 0.0811 e. The van der Waals surface area contributed by atoms with Crippen LogP contribution in [0.4, 0.5) is 0 Å². The Balaban J connectivity index is 2.73. The van der Waals surface area contributed by atoms with Crippen molar-refractivity contribution in [3.8, 4) is 0 Å². The molecule has 1 rings (SSSR count). The van der Waals surface area contributed by atoms with Gasteiger partial charge in [-0.05, 0) is 24.1 Å². The number of rotatable bonds is 3. The molecule has 2 nitrogen and oxygen atoms in total. The van der Waals surface area contributed by atoms with E-state index in [0.717, 1.165) is 15.6 Å². The van der Waals surface area contributed by atoms with Crippen molar-refractivity contribution >= 4 is 15.9 Å². The Kier molecular flexibility index (Phi) is 3.90. The number of benzene rings is 1. The van der Waals surface area contributed by atoms with Crippen molar-refractivity contribution < 1.29 is 10.2 Å². The molecule has 0 saturated heterocycles. The van der Waals surface area contributed by atoms with Crippen molar-refractivity contribution in [3.05, 3.63) is 33.8 Å². The highest BCUT2D eigenvalue weighted by molar-refractivity contribution is 9.10. The van der Waals surface area contributed by atoms with Crippen molar-refractivity contribution in [2.75, 3.05) is 6.61 Å². The highest BCUT2D eigenvalue weighted by Crippen LogP contribution is 2.17. The first-order chi connectivity index (χ1) is 6.13. The molecule has 13 heavy (non-hydrogen) atoms. The van der Waals surface area contributed by atoms with Crippen molar-refractivity contribution in [2.45, 2.75) is 19.4 Å². The second kappa shape index (κ2) is 4.74. The number of aliphatic hydroxyl groups excluding tert-OH is 2. The van der Waals surface area contributed by atoms with Crippen LogP contribution < -0.4 is 0 Å². The zero-order chi connectivity index (χ0) is 9.84. The Hall–Kier alpha value is -0.380. The minimum Gasteiger partial charge on any atom is -0.394 e. The van der Waals surface area contributed by atoms with Gasteiger partial charge in [0, 0.05) is 10.9 Å². The van der Waals surface area contributed by atoms with Gasteiger partial charge in [-0.3, -0.25) is 0 Å². The van der Waals surface area contributed by atoms with E-state index in [1.807, 2.05) is 25.1 Å². The van der Waals surface area contributed by atoms with E-state index >= 15 is 0 Å². The van der Waals surface area contributed by atoms with Crippen LogP contribution in [0, 0.1) is 6.92 Å². The highest BCUT2D eigenvalue weighted by Gasteiger charge is 2.04. The van der Waals surface area contributed by atoms with Crippen LogP contribution in [-0.4, -0.2) is 22.9 Å². The third-order valence-corrected chi connectivity index (χ3v) is 2.79. The molecule has 0 amide bonds. The van der Waals surface area contributed by atoms with E-state index in [-0.39, 0.29) is 6.61 Å². The van der Waals surface area contributed by atoms with E-state index in [4.69, 9.17) is 5.11 Å². The average molecular weight is 245 g/mol. The Bertz CT molecular complexity index is 286. The van der Waals surface area contributed by atoms with Gasteiger partial charge in [0.05, 0.1) is 12.7 Å². The first-order valence-electron chi connectivity index (χ1n) is 4.17. The summed E-state index contributed by atoms with van der Waals surface area (Å²) in [5.74, 6) is 0. The Labute approximate surface area is 86.3 Å². The number of hydrogen-bond acceptors (Lipinski definition) is 2. The van der Waals surface area contributed by atoms with Gasteiger partial charge in [-0.25, -0.2) is 0 Å². The lowest BCUT2D eigenvalue weighted by molar-refractivity contribution is 0.0955. The molecule has 0 aliphatic carbocycles. The van der Waals surface area contributed by atoms with E-state index in [9.17, 15) is 5.11 Å². The van der Waals surface area contributed by atoms with Crippen molar-refractivity contribution in [1.82, 2.24) is 0 Å². The number of aliphatic hydroxyl groups is 2. The maximum absolute atomic E-state index is 9.21. The van der Waals surface area contributed by atoms with E-state index in [0.29, 0.717) is 6.42 Å². The van der Waals surface area contributed by atoms with Crippen LogP contribution in [0.3, 0.4) is 0 Å². The third kappa shape index (κ3) is 3.10. The zero-order valence-corrected chi connectivity index (χ0v) is 9.08. The summed E-state index contributed by atoms with van der Waals surface area (Å²) < 4.78 is 1.06. The molecule has 0 heterocycles. The standard InChI is InChI=1S/C10H13BrO2/c1-7-4-8(2-3-10(7)11)5-9(13)6-12/h2-4,9,12-13H,5-6H2,1H3. The molecule has 0 aliphatic heterocycles. The van der Waals surface area contributed by atoms with Gasteiger partial charge in [0.1, 0.15) is 0 Å². The predicted octanol–water partition coefficient (Wildman–Crippen LogP) is 1.65. The molecule has 1 unspecified atom stereocenters. The molecular weight excluding hydrogens is 232 g/mol. The fourth-order valence-electron chi connectivity index (χ4n) is 1.17. The summed E-state index contributed by atoms with van der Waals surface area (Å²) in [6, 6.07) is 5.90. The highest BCUT2D eigenvalue weighted by atomic mass is 79.9. The van der Waals surface area contributed by atoms with Crippen LogP contribution in [0.5, 0.6) is 0 Å². The Morgan fingerprint density at radius 2 is 2.15 bits per heavy atom. The third-order valence-electron chi connectivity index (χ3n) is 1.90. The molecule has 0 bridgehead atoms. The summed E-state index contributed by atoms with van der Waals surface area (Å²) in [5, 5.41) is 17.9. The van der Waals surface area contributed by atoms with Gasteiger partial charge in [0.2, 0.25) is 0 Å². The molecule has 1 atom stereocenters. The summed E-state index contributed by atoms with van der Waals surface area (Å²) >= 11 is 3.40. The number of aryl methyl sites for hydroxylation is 1. The molecule has 1 aromatic rings. The molecule has 0 saturated carbocycles. The van der Waals surface area contributed by atoms with Gasteiger partial charge in [0.25, 0.3) is 0 Å². The molecule has 0 fully saturated rings. The molecule has 0 radical (unpaired) electrons. The molecule has 1 aromatic carbocycles. The lowest BCUT2D eigenvalue weighted by Gasteiger charge is -2.08. The first kappa shape index (κ1) is 10.7. The van der Waals surface area contributed by atoms with E-state index < -0.39 is 6.10 Å². The van der Waals surface area contributed by atoms with Crippen LogP contribution >= 0.6 is 15.9 Å². The predicted molar refractivity (Wildman–Crippen MR) is 55.7 cm³/mol. The second-order valence-corrected chi connectivity index (χ2v) is 3.98. The fourth-order valence-corrected chi connectivity index (χ4v) is 1.42. The van der Waals surface area contributed by atoms with Crippen molar-refractivity contribution in [2.24, 2.45) is 0 Å². The maximum Gasteiger partial charge on any atom is 0.0811 e. The van der Waals surface area contributed by atoms with Crippen molar-refractivity contribution in [1.29, 1.82) is 0 Å². The SMILES string of the molecule is Cc1cc(CC(O)CO)ccc1Br. The number of halogens is 1. The average Bonchev–Trinajstić information content (AvgIpc) is 2.11. The van der Waals surface area contributed by atoms with Crippen LogP contribution in [-0.2, 0) is 6.42 Å². The Morgan fingerprint density at radius 1 is 1.46 bits per heavy atom. The van der Waals surface area contributed by atoms with Crippen molar-refractivity contribution in [3.63, 3.8) is 0 Å². The fraction of sp³-hybridized carbons (Fsp3) is 0.400. The maximum atomic E-state index is 9.21. The molecular formula is C10H13BrO2. The molecule has 3 heteroatoms. The van der Waals surface area contributed by atoms with Gasteiger partial charge in [-0.1, -0.05) is 28.1 Å². The molecule has 72 valence electrons. The monoisotopic (exact) mass is 244 g/mol. The second-order valence-electron chi connectivity index (χ2n) is 3.12. The number of hydrogen-bond donors (Lipinski definition) is 2. The van der Waals surface area contributed by atoms with E-state index in [2.05, 4.69) is 15.9 Å². The van der Waals surface area contributed by atoms with Gasteiger partial charge in [-0.15, -0.1) is 0 Å². The van der Waals surface area contributed by atoms with Gasteiger partial charge >= 0.3 is 0 Å².